The van der Waals surface area contributed by atoms with Gasteiger partial charge in [0.1, 0.15) is 0 Å². The first kappa shape index (κ1) is 21.5. The van der Waals surface area contributed by atoms with E-state index in [9.17, 15) is 0 Å². The van der Waals surface area contributed by atoms with Crippen LogP contribution in [-0.2, 0) is 17.1 Å². The maximum absolute atomic E-state index is 4.62. The number of nitrogens with one attached hydrogen (secondary N) is 2. The van der Waals surface area contributed by atoms with Gasteiger partial charge in [-0.1, -0.05) is 6.07 Å². The molecule has 2 aliphatic rings. The number of aromatic amines is 2. The summed E-state index contributed by atoms with van der Waals surface area (Å²) in [5.41, 5.74) is 9.07. The average molecular weight is 459 g/mol. The predicted molar refractivity (Wildman–Crippen MR) is 128 cm³/mol. The molecule has 0 saturated heterocycles. The second kappa shape index (κ2) is 9.60. The zero-order chi connectivity index (χ0) is 21.0. The van der Waals surface area contributed by atoms with E-state index in [0.717, 1.165) is 44.8 Å². The summed E-state index contributed by atoms with van der Waals surface area (Å²) in [5.74, 6) is 0. The van der Waals surface area contributed by atoms with Crippen LogP contribution in [0.1, 0.15) is 28.3 Å². The van der Waals surface area contributed by atoms with Gasteiger partial charge in [0.05, 0.1) is 22.8 Å². The minimum absolute atomic E-state index is 0. The van der Waals surface area contributed by atoms with Crippen molar-refractivity contribution in [3.05, 3.63) is 101 Å². The summed E-state index contributed by atoms with van der Waals surface area (Å²) in [6.07, 6.45) is 11.7. The van der Waals surface area contributed by atoms with Crippen molar-refractivity contribution in [2.75, 3.05) is 0 Å². The molecule has 158 valence electrons. The van der Waals surface area contributed by atoms with Gasteiger partial charge >= 0.3 is 0 Å². The van der Waals surface area contributed by atoms with Crippen LogP contribution in [0, 0.1) is 6.92 Å². The molecule has 0 amide bonds. The van der Waals surface area contributed by atoms with Crippen molar-refractivity contribution in [1.29, 1.82) is 0 Å². The standard InChI is InChI=1S/C20H14N4.C6H7N.Fe/c1-2-14-10-16-5-6-18(23-16)12-20-8-7-19(24-20)11-17-4-3-15(22-17)9-13(1)21-14;1-6-3-2-4-7-5-6;/h1-12,21-22H;2-5H,1H3;. The molecule has 4 aromatic rings. The van der Waals surface area contributed by atoms with Crippen LogP contribution in [0.2, 0.25) is 0 Å². The van der Waals surface area contributed by atoms with E-state index in [1.54, 1.807) is 6.20 Å². The number of pyridine rings is 1. The van der Waals surface area contributed by atoms with Crippen molar-refractivity contribution < 1.29 is 17.1 Å². The summed E-state index contributed by atoms with van der Waals surface area (Å²) in [6, 6.07) is 20.4. The largest absolute Gasteiger partial charge is 0.355 e. The van der Waals surface area contributed by atoms with Crippen molar-refractivity contribution in [1.82, 2.24) is 24.9 Å². The van der Waals surface area contributed by atoms with Crippen molar-refractivity contribution >= 4 is 46.4 Å². The molecule has 4 aromatic heterocycles. The van der Waals surface area contributed by atoms with Gasteiger partial charge in [-0.2, -0.15) is 0 Å². The van der Waals surface area contributed by atoms with Crippen LogP contribution in [-0.4, -0.2) is 24.9 Å². The number of rotatable bonds is 0. The number of nitrogens with zero attached hydrogens (tertiary/aromatic N) is 3. The summed E-state index contributed by atoms with van der Waals surface area (Å²) in [6.45, 7) is 2.02. The third kappa shape index (κ3) is 5.30. The summed E-state index contributed by atoms with van der Waals surface area (Å²) in [5, 5.41) is 0. The van der Waals surface area contributed by atoms with Crippen LogP contribution in [0.15, 0.2) is 73.1 Å². The number of H-pyrrole nitrogens is 2. The van der Waals surface area contributed by atoms with Gasteiger partial charge in [-0.25, -0.2) is 9.97 Å². The van der Waals surface area contributed by atoms with Crippen molar-refractivity contribution in [3.63, 3.8) is 0 Å². The Bertz CT molecular complexity index is 1360. The number of aryl methyl sites for hydroxylation is 1. The average Bonchev–Trinajstić information content (AvgIpc) is 3.55. The molecule has 6 rings (SSSR count). The molecule has 6 heterocycles. The SMILES string of the molecule is C1=Cc2cc3ccc(cc4ccc(cc5nc(cc1n2)C=C5)[nH]4)[nH]3.Cc1cccnc1.[Fe]. The molecular weight excluding hydrogens is 438 g/mol. The summed E-state index contributed by atoms with van der Waals surface area (Å²) in [4.78, 5) is 19.9. The van der Waals surface area contributed by atoms with Crippen LogP contribution in [0.25, 0.3) is 46.4 Å². The summed E-state index contributed by atoms with van der Waals surface area (Å²) < 4.78 is 0. The van der Waals surface area contributed by atoms with Gasteiger partial charge in [-0.05, 0) is 91.4 Å². The van der Waals surface area contributed by atoms with Gasteiger partial charge in [0.15, 0.2) is 0 Å². The van der Waals surface area contributed by atoms with E-state index in [1.165, 1.54) is 5.56 Å². The third-order valence-corrected chi connectivity index (χ3v) is 4.85. The predicted octanol–water partition coefficient (Wildman–Crippen LogP) is 6.04. The molecule has 8 bridgehead atoms. The topological polar surface area (TPSA) is 70.2 Å². The second-order valence-electron chi connectivity index (χ2n) is 7.44. The van der Waals surface area contributed by atoms with E-state index in [-0.39, 0.29) is 17.1 Å². The van der Waals surface area contributed by atoms with E-state index in [2.05, 4.69) is 55.3 Å². The van der Waals surface area contributed by atoms with Gasteiger partial charge < -0.3 is 9.97 Å². The smallest absolute Gasteiger partial charge is 0.0659 e. The second-order valence-corrected chi connectivity index (χ2v) is 7.44. The Balaban J connectivity index is 0.000000265. The maximum atomic E-state index is 4.62. The molecule has 0 aliphatic carbocycles. The fraction of sp³-hybridized carbons (Fsp3) is 0.0385. The Morgan fingerprint density at radius 1 is 0.594 bits per heavy atom. The molecule has 0 saturated carbocycles. The minimum Gasteiger partial charge on any atom is -0.355 e. The molecule has 0 unspecified atom stereocenters. The summed E-state index contributed by atoms with van der Waals surface area (Å²) in [7, 11) is 0. The Morgan fingerprint density at radius 2 is 1.06 bits per heavy atom. The van der Waals surface area contributed by atoms with Crippen LogP contribution in [0.5, 0.6) is 0 Å². The molecule has 0 aromatic carbocycles. The molecule has 0 radical (unpaired) electrons. The Kier molecular flexibility index (Phi) is 6.45. The molecule has 5 nitrogen and oxygen atoms in total. The molecular formula is C26H21FeN5. The molecule has 0 spiro atoms. The van der Waals surface area contributed by atoms with E-state index in [1.807, 2.05) is 67.8 Å². The molecule has 2 N–H and O–H groups in total. The first-order valence-corrected chi connectivity index (χ1v) is 10.1. The van der Waals surface area contributed by atoms with E-state index < -0.39 is 0 Å². The molecule has 2 aliphatic heterocycles. The Hall–Kier alpha value is -3.73. The first-order valence-electron chi connectivity index (χ1n) is 10.1. The zero-order valence-corrected chi connectivity index (χ0v) is 18.5. The third-order valence-electron chi connectivity index (χ3n) is 4.85. The van der Waals surface area contributed by atoms with Gasteiger partial charge in [-0.3, -0.25) is 4.98 Å². The zero-order valence-electron chi connectivity index (χ0n) is 17.4. The summed E-state index contributed by atoms with van der Waals surface area (Å²) >= 11 is 0. The van der Waals surface area contributed by atoms with Crippen molar-refractivity contribution in [3.8, 4) is 0 Å². The van der Waals surface area contributed by atoms with E-state index in [4.69, 9.17) is 0 Å². The van der Waals surface area contributed by atoms with Gasteiger partial charge in [0, 0.05) is 51.5 Å². The van der Waals surface area contributed by atoms with Crippen LogP contribution < -0.4 is 0 Å². The van der Waals surface area contributed by atoms with E-state index in [0.29, 0.717) is 0 Å². The number of hydrogen-bond acceptors (Lipinski definition) is 3. The maximum Gasteiger partial charge on any atom is 0.0659 e. The Morgan fingerprint density at radius 3 is 1.47 bits per heavy atom. The van der Waals surface area contributed by atoms with Gasteiger partial charge in [0.25, 0.3) is 0 Å². The van der Waals surface area contributed by atoms with Crippen LogP contribution >= 0.6 is 0 Å². The molecule has 32 heavy (non-hydrogen) atoms. The fourth-order valence-electron chi connectivity index (χ4n) is 3.39. The molecule has 6 heteroatoms. The normalized spacial score (nSPS) is 11.4. The monoisotopic (exact) mass is 459 g/mol. The Labute approximate surface area is 196 Å². The number of fused-ring (bicyclic) bond motifs is 8. The van der Waals surface area contributed by atoms with Crippen molar-refractivity contribution in [2.45, 2.75) is 6.92 Å². The quantitative estimate of drug-likeness (QED) is 0.272. The van der Waals surface area contributed by atoms with Crippen molar-refractivity contribution in [2.24, 2.45) is 0 Å². The molecule has 0 atom stereocenters. The minimum atomic E-state index is 0. The van der Waals surface area contributed by atoms with Crippen LogP contribution in [0.4, 0.5) is 0 Å². The van der Waals surface area contributed by atoms with Crippen LogP contribution in [0.3, 0.4) is 0 Å². The first-order chi connectivity index (χ1) is 15.2. The number of hydrogen-bond donors (Lipinski definition) is 2. The fourth-order valence-corrected chi connectivity index (χ4v) is 3.39. The van der Waals surface area contributed by atoms with Gasteiger partial charge in [0.2, 0.25) is 0 Å². The van der Waals surface area contributed by atoms with E-state index >= 15 is 0 Å². The molecule has 0 fully saturated rings. The number of aromatic nitrogens is 5. The van der Waals surface area contributed by atoms with Gasteiger partial charge in [-0.15, -0.1) is 0 Å².